The van der Waals surface area contributed by atoms with Crippen molar-refractivity contribution in [1.29, 1.82) is 0 Å². The molecule has 0 bridgehead atoms. The Balaban J connectivity index is 1.98. The minimum Gasteiger partial charge on any atom is -0.373 e. The van der Waals surface area contributed by atoms with Crippen LogP contribution in [0.25, 0.3) is 5.52 Å². The van der Waals surface area contributed by atoms with Crippen LogP contribution in [0.4, 0.5) is 5.82 Å². The Labute approximate surface area is 105 Å². The number of morpholine rings is 1. The number of rotatable bonds is 2. The highest BCUT2D eigenvalue weighted by atomic mass is 16.5. The van der Waals surface area contributed by atoms with E-state index in [9.17, 15) is 0 Å². The van der Waals surface area contributed by atoms with Gasteiger partial charge >= 0.3 is 0 Å². The third kappa shape index (κ3) is 1.93. The summed E-state index contributed by atoms with van der Waals surface area (Å²) in [6.45, 7) is 4.84. The Morgan fingerprint density at radius 3 is 3.28 bits per heavy atom. The van der Waals surface area contributed by atoms with Crippen LogP contribution in [-0.4, -0.2) is 46.9 Å². The van der Waals surface area contributed by atoms with Crippen molar-refractivity contribution in [1.82, 2.24) is 14.6 Å². The summed E-state index contributed by atoms with van der Waals surface area (Å²) >= 11 is 0. The van der Waals surface area contributed by atoms with Crippen molar-refractivity contribution in [2.45, 2.75) is 13.0 Å². The maximum absolute atomic E-state index is 5.67. The molecule has 6 heteroatoms. The zero-order chi connectivity index (χ0) is 12.5. The van der Waals surface area contributed by atoms with Crippen LogP contribution in [0.1, 0.15) is 5.69 Å². The fourth-order valence-corrected chi connectivity index (χ4v) is 2.33. The predicted molar refractivity (Wildman–Crippen MR) is 68.7 cm³/mol. The van der Waals surface area contributed by atoms with Gasteiger partial charge in [-0.05, 0) is 13.0 Å². The van der Waals surface area contributed by atoms with Crippen LogP contribution >= 0.6 is 0 Å². The standard InChI is InChI=1S/C12H17N5O/c1-9-6-11-12(14-2-3-17(11)15-9)16-4-5-18-10(7-13)8-16/h2-3,6,10H,4-5,7-8,13H2,1H3. The molecule has 2 aromatic heterocycles. The van der Waals surface area contributed by atoms with E-state index in [1.807, 2.05) is 17.6 Å². The number of aromatic nitrogens is 3. The highest BCUT2D eigenvalue weighted by Gasteiger charge is 2.22. The van der Waals surface area contributed by atoms with Gasteiger partial charge in [0.2, 0.25) is 0 Å². The molecule has 2 aromatic rings. The van der Waals surface area contributed by atoms with Gasteiger partial charge in [-0.25, -0.2) is 9.50 Å². The fourth-order valence-electron chi connectivity index (χ4n) is 2.33. The summed E-state index contributed by atoms with van der Waals surface area (Å²) in [6.07, 6.45) is 3.74. The Bertz CT molecular complexity index is 552. The number of anilines is 1. The van der Waals surface area contributed by atoms with Gasteiger partial charge in [-0.2, -0.15) is 5.10 Å². The number of hydrogen-bond donors (Lipinski definition) is 1. The summed E-state index contributed by atoms with van der Waals surface area (Å²) in [4.78, 5) is 6.70. The first-order valence-electron chi connectivity index (χ1n) is 6.15. The van der Waals surface area contributed by atoms with E-state index >= 15 is 0 Å². The first-order valence-corrected chi connectivity index (χ1v) is 6.15. The number of hydrogen-bond acceptors (Lipinski definition) is 5. The molecule has 0 spiro atoms. The molecule has 6 nitrogen and oxygen atoms in total. The second kappa shape index (κ2) is 4.55. The Morgan fingerprint density at radius 1 is 1.56 bits per heavy atom. The predicted octanol–water partition coefficient (Wildman–Crippen LogP) is 0.202. The van der Waals surface area contributed by atoms with E-state index in [1.165, 1.54) is 0 Å². The average molecular weight is 247 g/mol. The molecule has 1 saturated heterocycles. The van der Waals surface area contributed by atoms with Crippen molar-refractivity contribution in [2.24, 2.45) is 5.73 Å². The topological polar surface area (TPSA) is 68.7 Å². The zero-order valence-electron chi connectivity index (χ0n) is 10.4. The lowest BCUT2D eigenvalue weighted by molar-refractivity contribution is 0.0464. The largest absolute Gasteiger partial charge is 0.373 e. The molecule has 1 atom stereocenters. The van der Waals surface area contributed by atoms with Crippen LogP contribution in [0.3, 0.4) is 0 Å². The molecule has 0 aromatic carbocycles. The summed E-state index contributed by atoms with van der Waals surface area (Å²) in [5.74, 6) is 0.958. The summed E-state index contributed by atoms with van der Waals surface area (Å²) < 4.78 is 7.44. The normalized spacial score (nSPS) is 20.6. The molecule has 96 valence electrons. The van der Waals surface area contributed by atoms with Gasteiger partial charge in [0, 0.05) is 32.0 Å². The third-order valence-electron chi connectivity index (χ3n) is 3.19. The van der Waals surface area contributed by atoms with Gasteiger partial charge in [-0.1, -0.05) is 0 Å². The summed E-state index contributed by atoms with van der Waals surface area (Å²) in [5.41, 5.74) is 7.70. The molecule has 3 rings (SSSR count). The van der Waals surface area contributed by atoms with Crippen molar-refractivity contribution in [3.8, 4) is 0 Å². The molecular formula is C12H17N5O. The van der Waals surface area contributed by atoms with Crippen molar-refractivity contribution >= 4 is 11.3 Å². The van der Waals surface area contributed by atoms with Crippen LogP contribution in [0.2, 0.25) is 0 Å². The van der Waals surface area contributed by atoms with Gasteiger partial charge < -0.3 is 15.4 Å². The van der Waals surface area contributed by atoms with Crippen LogP contribution in [0.15, 0.2) is 18.5 Å². The van der Waals surface area contributed by atoms with E-state index in [0.29, 0.717) is 13.2 Å². The maximum atomic E-state index is 5.67. The smallest absolute Gasteiger partial charge is 0.154 e. The second-order valence-corrected chi connectivity index (χ2v) is 4.54. The van der Waals surface area contributed by atoms with Crippen LogP contribution in [0, 0.1) is 6.92 Å². The third-order valence-corrected chi connectivity index (χ3v) is 3.19. The van der Waals surface area contributed by atoms with Gasteiger partial charge in [0.1, 0.15) is 5.52 Å². The highest BCUT2D eigenvalue weighted by molar-refractivity contribution is 5.69. The van der Waals surface area contributed by atoms with E-state index in [-0.39, 0.29) is 6.10 Å². The number of aryl methyl sites for hydroxylation is 1. The summed E-state index contributed by atoms with van der Waals surface area (Å²) in [6, 6.07) is 2.05. The van der Waals surface area contributed by atoms with Crippen molar-refractivity contribution in [3.63, 3.8) is 0 Å². The van der Waals surface area contributed by atoms with Gasteiger partial charge in [-0.3, -0.25) is 0 Å². The van der Waals surface area contributed by atoms with Crippen LogP contribution < -0.4 is 10.6 Å². The lowest BCUT2D eigenvalue weighted by Crippen LogP contribution is -2.46. The first-order chi connectivity index (χ1) is 8.78. The van der Waals surface area contributed by atoms with E-state index in [4.69, 9.17) is 10.5 Å². The van der Waals surface area contributed by atoms with Gasteiger partial charge in [0.25, 0.3) is 0 Å². The summed E-state index contributed by atoms with van der Waals surface area (Å²) in [7, 11) is 0. The Hall–Kier alpha value is -1.66. The minimum absolute atomic E-state index is 0.0878. The van der Waals surface area contributed by atoms with E-state index in [2.05, 4.69) is 21.0 Å². The Kier molecular flexibility index (Phi) is 2.89. The first kappa shape index (κ1) is 11.4. The molecule has 3 heterocycles. The highest BCUT2D eigenvalue weighted by Crippen LogP contribution is 2.21. The number of ether oxygens (including phenoxy) is 1. The van der Waals surface area contributed by atoms with Gasteiger partial charge in [0.05, 0.1) is 18.4 Å². The fraction of sp³-hybridized carbons (Fsp3) is 0.500. The molecule has 0 amide bonds. The second-order valence-electron chi connectivity index (χ2n) is 4.54. The molecule has 1 aliphatic rings. The van der Waals surface area contributed by atoms with E-state index < -0.39 is 0 Å². The molecule has 1 aliphatic heterocycles. The van der Waals surface area contributed by atoms with Gasteiger partial charge in [0.15, 0.2) is 5.82 Å². The minimum atomic E-state index is 0.0878. The summed E-state index contributed by atoms with van der Waals surface area (Å²) in [5, 5.41) is 4.40. The van der Waals surface area contributed by atoms with Crippen LogP contribution in [0.5, 0.6) is 0 Å². The molecule has 1 fully saturated rings. The maximum Gasteiger partial charge on any atom is 0.154 e. The van der Waals surface area contributed by atoms with Crippen molar-refractivity contribution in [3.05, 3.63) is 24.2 Å². The van der Waals surface area contributed by atoms with Gasteiger partial charge in [-0.15, -0.1) is 0 Å². The molecule has 0 saturated carbocycles. The number of fused-ring (bicyclic) bond motifs is 1. The monoisotopic (exact) mass is 247 g/mol. The van der Waals surface area contributed by atoms with Crippen LogP contribution in [-0.2, 0) is 4.74 Å². The van der Waals surface area contributed by atoms with E-state index in [0.717, 1.165) is 30.1 Å². The molecule has 0 radical (unpaired) electrons. The molecular weight excluding hydrogens is 230 g/mol. The number of nitrogens with two attached hydrogens (primary N) is 1. The zero-order valence-corrected chi connectivity index (χ0v) is 10.4. The van der Waals surface area contributed by atoms with E-state index in [1.54, 1.807) is 6.20 Å². The Morgan fingerprint density at radius 2 is 2.44 bits per heavy atom. The van der Waals surface area contributed by atoms with Crippen molar-refractivity contribution in [2.75, 3.05) is 31.1 Å². The lowest BCUT2D eigenvalue weighted by Gasteiger charge is -2.33. The average Bonchev–Trinajstić information content (AvgIpc) is 2.78. The molecule has 1 unspecified atom stereocenters. The molecule has 2 N–H and O–H groups in total. The van der Waals surface area contributed by atoms with Crippen molar-refractivity contribution < 1.29 is 4.74 Å². The SMILES string of the molecule is Cc1cc2c(N3CCOC(CN)C3)nccn2n1. The molecule has 18 heavy (non-hydrogen) atoms. The lowest BCUT2D eigenvalue weighted by atomic mass is 10.2. The molecule has 0 aliphatic carbocycles. The quantitative estimate of drug-likeness (QED) is 0.821. The number of nitrogens with zero attached hydrogens (tertiary/aromatic N) is 4.